The molecule has 0 saturated heterocycles. The molecule has 0 radical (unpaired) electrons. The normalized spacial score (nSPS) is 17.0. The summed E-state index contributed by atoms with van der Waals surface area (Å²) in [6, 6.07) is 8.22. The standard InChI is InChI=1S/C14H18N2O2S/c15-10-13-8-4-5-9-14(13)19(17,18)16-11-12-6-2-1-3-7-12/h4-5,8-9,12,16H,1-3,6-7,11H2. The van der Waals surface area contributed by atoms with Crippen molar-refractivity contribution in [2.24, 2.45) is 5.92 Å². The zero-order chi connectivity index (χ0) is 13.7. The number of rotatable bonds is 4. The highest BCUT2D eigenvalue weighted by molar-refractivity contribution is 7.89. The van der Waals surface area contributed by atoms with Gasteiger partial charge in [-0.2, -0.15) is 5.26 Å². The van der Waals surface area contributed by atoms with Gasteiger partial charge >= 0.3 is 0 Å². The molecule has 1 aliphatic rings. The Morgan fingerprint density at radius 1 is 1.21 bits per heavy atom. The van der Waals surface area contributed by atoms with Gasteiger partial charge in [0.25, 0.3) is 0 Å². The molecule has 0 bridgehead atoms. The van der Waals surface area contributed by atoms with Crippen molar-refractivity contribution in [1.82, 2.24) is 4.72 Å². The number of sulfonamides is 1. The van der Waals surface area contributed by atoms with Crippen LogP contribution in [-0.2, 0) is 10.0 Å². The van der Waals surface area contributed by atoms with Gasteiger partial charge in [0.1, 0.15) is 6.07 Å². The summed E-state index contributed by atoms with van der Waals surface area (Å²) < 4.78 is 27.0. The smallest absolute Gasteiger partial charge is 0.211 e. The first kappa shape index (κ1) is 14.0. The third-order valence-electron chi connectivity index (χ3n) is 3.58. The molecule has 1 N–H and O–H groups in total. The molecular formula is C14H18N2O2S. The maximum atomic E-state index is 12.2. The van der Waals surface area contributed by atoms with Crippen LogP contribution in [0.4, 0.5) is 0 Å². The van der Waals surface area contributed by atoms with E-state index in [0.29, 0.717) is 12.5 Å². The summed E-state index contributed by atoms with van der Waals surface area (Å²) in [6.07, 6.45) is 5.79. The second-order valence-corrected chi connectivity index (χ2v) is 6.70. The van der Waals surface area contributed by atoms with E-state index in [-0.39, 0.29) is 10.5 Å². The minimum atomic E-state index is -3.57. The first-order valence-corrected chi connectivity index (χ1v) is 8.10. The van der Waals surface area contributed by atoms with E-state index in [0.717, 1.165) is 12.8 Å². The Balaban J connectivity index is 2.07. The van der Waals surface area contributed by atoms with Gasteiger partial charge in [0.15, 0.2) is 0 Å². The van der Waals surface area contributed by atoms with Crippen LogP contribution >= 0.6 is 0 Å². The average molecular weight is 278 g/mol. The number of nitrogens with zero attached hydrogens (tertiary/aromatic N) is 1. The third kappa shape index (κ3) is 3.55. The molecule has 1 aromatic rings. The van der Waals surface area contributed by atoms with Crippen LogP contribution in [0.2, 0.25) is 0 Å². The number of hydrogen-bond donors (Lipinski definition) is 1. The van der Waals surface area contributed by atoms with Crippen molar-refractivity contribution in [3.05, 3.63) is 29.8 Å². The van der Waals surface area contributed by atoms with E-state index in [1.54, 1.807) is 12.1 Å². The molecule has 4 nitrogen and oxygen atoms in total. The van der Waals surface area contributed by atoms with E-state index in [9.17, 15) is 8.42 Å². The second kappa shape index (κ2) is 6.18. The fraction of sp³-hybridized carbons (Fsp3) is 0.500. The zero-order valence-electron chi connectivity index (χ0n) is 10.8. The predicted octanol–water partition coefficient (Wildman–Crippen LogP) is 2.42. The van der Waals surface area contributed by atoms with Crippen molar-refractivity contribution in [2.45, 2.75) is 37.0 Å². The summed E-state index contributed by atoms with van der Waals surface area (Å²) in [5.74, 6) is 0.428. The predicted molar refractivity (Wildman–Crippen MR) is 72.9 cm³/mol. The van der Waals surface area contributed by atoms with Crippen molar-refractivity contribution >= 4 is 10.0 Å². The van der Waals surface area contributed by atoms with Gasteiger partial charge in [-0.15, -0.1) is 0 Å². The van der Waals surface area contributed by atoms with Crippen LogP contribution in [0.5, 0.6) is 0 Å². The summed E-state index contributed by atoms with van der Waals surface area (Å²) in [6.45, 7) is 0.474. The van der Waals surface area contributed by atoms with E-state index in [1.807, 2.05) is 6.07 Å². The van der Waals surface area contributed by atoms with Crippen LogP contribution in [0, 0.1) is 17.2 Å². The summed E-state index contributed by atoms with van der Waals surface area (Å²) in [5.41, 5.74) is 0.193. The van der Waals surface area contributed by atoms with Gasteiger partial charge < -0.3 is 0 Å². The maximum Gasteiger partial charge on any atom is 0.241 e. The number of nitriles is 1. The molecule has 5 heteroatoms. The van der Waals surface area contributed by atoms with Crippen LogP contribution < -0.4 is 4.72 Å². The number of hydrogen-bond acceptors (Lipinski definition) is 3. The van der Waals surface area contributed by atoms with Crippen molar-refractivity contribution in [3.63, 3.8) is 0 Å². The summed E-state index contributed by atoms with van der Waals surface area (Å²) in [7, 11) is -3.57. The summed E-state index contributed by atoms with van der Waals surface area (Å²) in [4.78, 5) is 0.0771. The molecular weight excluding hydrogens is 260 g/mol. The molecule has 0 unspecified atom stereocenters. The molecule has 0 aromatic heterocycles. The monoisotopic (exact) mass is 278 g/mol. The molecule has 0 aliphatic heterocycles. The Labute approximate surface area is 114 Å². The molecule has 0 heterocycles. The molecule has 0 spiro atoms. The zero-order valence-corrected chi connectivity index (χ0v) is 11.6. The highest BCUT2D eigenvalue weighted by Crippen LogP contribution is 2.23. The van der Waals surface area contributed by atoms with Crippen molar-refractivity contribution in [1.29, 1.82) is 5.26 Å². The van der Waals surface area contributed by atoms with Crippen molar-refractivity contribution in [2.75, 3.05) is 6.54 Å². The van der Waals surface area contributed by atoms with Gasteiger partial charge in [-0.05, 0) is 30.9 Å². The average Bonchev–Trinajstić information content (AvgIpc) is 2.46. The first-order chi connectivity index (χ1) is 9.13. The Bertz CT molecular complexity index is 569. The fourth-order valence-corrected chi connectivity index (χ4v) is 3.76. The van der Waals surface area contributed by atoms with Crippen LogP contribution in [0.3, 0.4) is 0 Å². The van der Waals surface area contributed by atoms with E-state index < -0.39 is 10.0 Å². The third-order valence-corrected chi connectivity index (χ3v) is 5.07. The highest BCUT2D eigenvalue weighted by Gasteiger charge is 2.20. The Morgan fingerprint density at radius 3 is 2.58 bits per heavy atom. The van der Waals surface area contributed by atoms with Gasteiger partial charge in [0.05, 0.1) is 10.5 Å². The van der Waals surface area contributed by atoms with Gasteiger partial charge in [-0.1, -0.05) is 31.4 Å². The van der Waals surface area contributed by atoms with Crippen LogP contribution in [0.15, 0.2) is 29.2 Å². The maximum absolute atomic E-state index is 12.2. The summed E-state index contributed by atoms with van der Waals surface area (Å²) in [5, 5.41) is 8.96. The highest BCUT2D eigenvalue weighted by atomic mass is 32.2. The molecule has 1 saturated carbocycles. The molecule has 0 amide bonds. The minimum Gasteiger partial charge on any atom is -0.211 e. The van der Waals surface area contributed by atoms with Crippen LogP contribution in [0.1, 0.15) is 37.7 Å². The number of benzene rings is 1. The van der Waals surface area contributed by atoms with Crippen molar-refractivity contribution < 1.29 is 8.42 Å². The lowest BCUT2D eigenvalue weighted by molar-refractivity contribution is 0.357. The summed E-state index contributed by atoms with van der Waals surface area (Å²) >= 11 is 0. The number of nitrogens with one attached hydrogen (secondary N) is 1. The Hall–Kier alpha value is -1.38. The molecule has 102 valence electrons. The van der Waals surface area contributed by atoms with Gasteiger partial charge in [0.2, 0.25) is 10.0 Å². The lowest BCUT2D eigenvalue weighted by Crippen LogP contribution is -2.30. The molecule has 1 aliphatic carbocycles. The van der Waals surface area contributed by atoms with E-state index in [2.05, 4.69) is 4.72 Å². The Morgan fingerprint density at radius 2 is 1.89 bits per heavy atom. The fourth-order valence-electron chi connectivity index (χ4n) is 2.49. The van der Waals surface area contributed by atoms with Crippen LogP contribution in [-0.4, -0.2) is 15.0 Å². The van der Waals surface area contributed by atoms with E-state index in [4.69, 9.17) is 5.26 Å². The minimum absolute atomic E-state index is 0.0771. The largest absolute Gasteiger partial charge is 0.241 e. The lowest BCUT2D eigenvalue weighted by Gasteiger charge is -2.21. The molecule has 19 heavy (non-hydrogen) atoms. The molecule has 2 rings (SSSR count). The first-order valence-electron chi connectivity index (χ1n) is 6.62. The second-order valence-electron chi connectivity index (χ2n) is 4.96. The van der Waals surface area contributed by atoms with Gasteiger partial charge in [0, 0.05) is 6.54 Å². The molecule has 1 fully saturated rings. The molecule has 0 atom stereocenters. The van der Waals surface area contributed by atoms with E-state index in [1.165, 1.54) is 31.4 Å². The quantitative estimate of drug-likeness (QED) is 0.919. The van der Waals surface area contributed by atoms with Crippen LogP contribution in [0.25, 0.3) is 0 Å². The topological polar surface area (TPSA) is 70.0 Å². The van der Waals surface area contributed by atoms with E-state index >= 15 is 0 Å². The molecule has 1 aromatic carbocycles. The van der Waals surface area contributed by atoms with Gasteiger partial charge in [-0.3, -0.25) is 0 Å². The van der Waals surface area contributed by atoms with Crippen molar-refractivity contribution in [3.8, 4) is 6.07 Å². The Kier molecular flexibility index (Phi) is 4.56. The SMILES string of the molecule is N#Cc1ccccc1S(=O)(=O)NCC1CCCCC1. The lowest BCUT2D eigenvalue weighted by atomic mass is 9.90. The van der Waals surface area contributed by atoms with Gasteiger partial charge in [-0.25, -0.2) is 13.1 Å².